The number of carbonyl (C=O) groups is 2. The fourth-order valence-corrected chi connectivity index (χ4v) is 4.29. The molecule has 4 aromatic rings. The molecule has 0 unspecified atom stereocenters. The number of aromatic nitrogens is 2. The minimum atomic E-state index is -0.597. The van der Waals surface area contributed by atoms with Gasteiger partial charge in [0.1, 0.15) is 5.01 Å². The van der Waals surface area contributed by atoms with Crippen molar-refractivity contribution in [1.82, 2.24) is 9.55 Å². The van der Waals surface area contributed by atoms with E-state index < -0.39 is 5.97 Å². The third-order valence-corrected chi connectivity index (χ3v) is 5.98. The van der Waals surface area contributed by atoms with Gasteiger partial charge in [0.15, 0.2) is 12.3 Å². The van der Waals surface area contributed by atoms with E-state index in [1.807, 2.05) is 86.0 Å². The van der Waals surface area contributed by atoms with Crippen molar-refractivity contribution in [2.24, 2.45) is 0 Å². The van der Waals surface area contributed by atoms with Crippen LogP contribution in [0.1, 0.15) is 37.8 Å². The van der Waals surface area contributed by atoms with E-state index in [4.69, 9.17) is 4.74 Å². The zero-order valence-electron chi connectivity index (χ0n) is 17.6. The van der Waals surface area contributed by atoms with Gasteiger partial charge in [0.25, 0.3) is 0 Å². The maximum Gasteiger partial charge on any atom is 0.358 e. The molecule has 0 aliphatic carbocycles. The van der Waals surface area contributed by atoms with Crippen LogP contribution in [0, 0.1) is 20.8 Å². The van der Waals surface area contributed by atoms with Crippen LogP contribution >= 0.6 is 11.3 Å². The molecule has 2 aromatic carbocycles. The van der Waals surface area contributed by atoms with Crippen LogP contribution < -0.4 is 0 Å². The highest BCUT2D eigenvalue weighted by Gasteiger charge is 2.20. The van der Waals surface area contributed by atoms with E-state index >= 15 is 0 Å². The molecule has 4 rings (SSSR count). The van der Waals surface area contributed by atoms with Gasteiger partial charge in [0.2, 0.25) is 5.78 Å². The summed E-state index contributed by atoms with van der Waals surface area (Å²) < 4.78 is 7.29. The highest BCUT2D eigenvalue weighted by Crippen LogP contribution is 2.25. The summed E-state index contributed by atoms with van der Waals surface area (Å²) in [5.41, 5.74) is 5.61. The third kappa shape index (κ3) is 4.34. The lowest BCUT2D eigenvalue weighted by atomic mass is 10.1. The Bertz CT molecular complexity index is 1240. The topological polar surface area (TPSA) is 61.2 Å². The molecule has 0 N–H and O–H groups in total. The van der Waals surface area contributed by atoms with Gasteiger partial charge in [-0.15, -0.1) is 11.3 Å². The van der Waals surface area contributed by atoms with Crippen molar-refractivity contribution >= 4 is 23.1 Å². The summed E-state index contributed by atoms with van der Waals surface area (Å²) in [5.74, 6) is -0.836. The highest BCUT2D eigenvalue weighted by molar-refractivity contribution is 7.13. The summed E-state index contributed by atoms with van der Waals surface area (Å²) in [7, 11) is 0. The number of hydrogen-bond acceptors (Lipinski definition) is 5. The maximum absolute atomic E-state index is 12.7. The Labute approximate surface area is 185 Å². The van der Waals surface area contributed by atoms with Gasteiger partial charge in [-0.05, 0) is 39.0 Å². The van der Waals surface area contributed by atoms with Crippen LogP contribution in [0.15, 0.2) is 66.0 Å². The van der Waals surface area contributed by atoms with Crippen molar-refractivity contribution in [1.29, 1.82) is 0 Å². The molecule has 2 aromatic heterocycles. The monoisotopic (exact) mass is 430 g/mol. The Kier molecular flexibility index (Phi) is 5.82. The second kappa shape index (κ2) is 8.70. The molecule has 0 saturated heterocycles. The van der Waals surface area contributed by atoms with Crippen molar-refractivity contribution in [2.75, 3.05) is 6.61 Å². The number of esters is 1. The number of Topliss-reactive ketones (excluding diaryl/α,β-unsaturated/α-hetero) is 1. The number of hydrogen-bond donors (Lipinski definition) is 0. The molecule has 31 heavy (non-hydrogen) atoms. The number of carbonyl (C=O) groups excluding carboxylic acids is 2. The Morgan fingerprint density at radius 2 is 1.71 bits per heavy atom. The summed E-state index contributed by atoms with van der Waals surface area (Å²) in [6, 6.07) is 19.6. The molecule has 156 valence electrons. The fourth-order valence-electron chi connectivity index (χ4n) is 3.50. The second-order valence-corrected chi connectivity index (χ2v) is 8.22. The summed E-state index contributed by atoms with van der Waals surface area (Å²) in [6.45, 7) is 5.53. The molecule has 6 heteroatoms. The van der Waals surface area contributed by atoms with Crippen molar-refractivity contribution in [3.05, 3.63) is 94.3 Å². The Morgan fingerprint density at radius 3 is 2.42 bits per heavy atom. The van der Waals surface area contributed by atoms with E-state index in [1.54, 1.807) is 5.38 Å². The van der Waals surface area contributed by atoms with Crippen LogP contribution in [0.4, 0.5) is 0 Å². The molecule has 0 aliphatic heterocycles. The standard InChI is InChI=1S/C25H22N2O3S/c1-16-9-11-19(12-10-16)24-26-22(15-31-24)25(29)30-14-23(28)21-13-17(2)27(18(21)3)20-7-5-4-6-8-20/h4-13,15H,14H2,1-3H3. The van der Waals surface area contributed by atoms with Gasteiger partial charge in [-0.25, -0.2) is 9.78 Å². The van der Waals surface area contributed by atoms with Gasteiger partial charge in [-0.3, -0.25) is 4.79 Å². The number of rotatable bonds is 6. The number of para-hydroxylation sites is 1. The van der Waals surface area contributed by atoms with Crippen LogP contribution in [0.25, 0.3) is 16.3 Å². The van der Waals surface area contributed by atoms with E-state index in [0.29, 0.717) is 5.56 Å². The van der Waals surface area contributed by atoms with Crippen molar-refractivity contribution in [3.63, 3.8) is 0 Å². The zero-order chi connectivity index (χ0) is 22.0. The molecule has 0 atom stereocenters. The van der Waals surface area contributed by atoms with E-state index in [2.05, 4.69) is 4.98 Å². The van der Waals surface area contributed by atoms with Crippen molar-refractivity contribution in [2.45, 2.75) is 20.8 Å². The predicted octanol–water partition coefficient (Wildman–Crippen LogP) is 5.57. The number of thiazole rings is 1. The van der Waals surface area contributed by atoms with Gasteiger partial charge in [0, 0.05) is 33.6 Å². The lowest BCUT2D eigenvalue weighted by Crippen LogP contribution is -2.15. The van der Waals surface area contributed by atoms with Crippen LogP contribution in [-0.2, 0) is 4.74 Å². The van der Waals surface area contributed by atoms with Gasteiger partial charge in [0.05, 0.1) is 0 Å². The largest absolute Gasteiger partial charge is 0.453 e. The van der Waals surface area contributed by atoms with Gasteiger partial charge >= 0.3 is 5.97 Å². The number of aryl methyl sites for hydroxylation is 2. The van der Waals surface area contributed by atoms with Crippen molar-refractivity contribution < 1.29 is 14.3 Å². The summed E-state index contributed by atoms with van der Waals surface area (Å²) in [4.78, 5) is 29.5. The number of benzene rings is 2. The minimum absolute atomic E-state index is 0.211. The smallest absolute Gasteiger partial charge is 0.358 e. The Balaban J connectivity index is 1.45. The van der Waals surface area contributed by atoms with E-state index in [-0.39, 0.29) is 18.1 Å². The van der Waals surface area contributed by atoms with Crippen LogP contribution in [-0.4, -0.2) is 27.9 Å². The summed E-state index contributed by atoms with van der Waals surface area (Å²) >= 11 is 1.37. The normalized spacial score (nSPS) is 10.8. The molecule has 0 bridgehead atoms. The molecule has 2 heterocycles. The van der Waals surface area contributed by atoms with E-state index in [9.17, 15) is 9.59 Å². The molecular formula is C25H22N2O3S. The van der Waals surface area contributed by atoms with Crippen LogP contribution in [0.2, 0.25) is 0 Å². The average molecular weight is 431 g/mol. The first-order valence-corrected chi connectivity index (χ1v) is 10.8. The van der Waals surface area contributed by atoms with E-state index in [1.165, 1.54) is 11.3 Å². The number of ether oxygens (including phenoxy) is 1. The first-order chi connectivity index (χ1) is 14.9. The molecular weight excluding hydrogens is 408 g/mol. The molecule has 0 fully saturated rings. The summed E-state index contributed by atoms with van der Waals surface area (Å²) in [5, 5.41) is 2.40. The lowest BCUT2D eigenvalue weighted by Gasteiger charge is -2.09. The zero-order valence-corrected chi connectivity index (χ0v) is 18.4. The lowest BCUT2D eigenvalue weighted by molar-refractivity contribution is 0.0469. The predicted molar refractivity (Wildman–Crippen MR) is 122 cm³/mol. The quantitative estimate of drug-likeness (QED) is 0.297. The van der Waals surface area contributed by atoms with E-state index in [0.717, 1.165) is 33.2 Å². The molecule has 0 saturated carbocycles. The molecule has 0 amide bonds. The van der Waals surface area contributed by atoms with Crippen LogP contribution in [0.3, 0.4) is 0 Å². The fraction of sp³-hybridized carbons (Fsp3) is 0.160. The first kappa shape index (κ1) is 20.8. The molecule has 0 aliphatic rings. The molecule has 5 nitrogen and oxygen atoms in total. The minimum Gasteiger partial charge on any atom is -0.453 e. The third-order valence-electron chi connectivity index (χ3n) is 5.09. The average Bonchev–Trinajstić information content (AvgIpc) is 3.38. The van der Waals surface area contributed by atoms with Gasteiger partial charge in [-0.2, -0.15) is 0 Å². The van der Waals surface area contributed by atoms with Crippen LogP contribution in [0.5, 0.6) is 0 Å². The van der Waals surface area contributed by atoms with Crippen molar-refractivity contribution in [3.8, 4) is 16.3 Å². The first-order valence-electron chi connectivity index (χ1n) is 9.91. The second-order valence-electron chi connectivity index (χ2n) is 7.36. The SMILES string of the molecule is Cc1ccc(-c2nc(C(=O)OCC(=O)c3cc(C)n(-c4ccccc4)c3C)cs2)cc1. The number of ketones is 1. The number of nitrogens with zero attached hydrogens (tertiary/aromatic N) is 2. The molecule has 0 spiro atoms. The Morgan fingerprint density at radius 1 is 1.00 bits per heavy atom. The van der Waals surface area contributed by atoms with Gasteiger partial charge < -0.3 is 9.30 Å². The summed E-state index contributed by atoms with van der Waals surface area (Å²) in [6.07, 6.45) is 0. The molecule has 0 radical (unpaired) electrons. The highest BCUT2D eigenvalue weighted by atomic mass is 32.1. The van der Waals surface area contributed by atoms with Gasteiger partial charge in [-0.1, -0.05) is 48.0 Å². The Hall–Kier alpha value is -3.51. The maximum atomic E-state index is 12.7.